The Balaban J connectivity index is 1.75. The summed E-state index contributed by atoms with van der Waals surface area (Å²) >= 11 is 1.47. The SMILES string of the molecule is Cn1cccc1/C=N/NC(=O)/C(=C\c1cccs1)NC(=O)c1ccccc1. The summed E-state index contributed by atoms with van der Waals surface area (Å²) < 4.78 is 1.87. The van der Waals surface area contributed by atoms with Crippen molar-refractivity contribution in [3.63, 3.8) is 0 Å². The molecule has 0 spiro atoms. The Morgan fingerprint density at radius 3 is 2.56 bits per heavy atom. The zero-order valence-corrected chi connectivity index (χ0v) is 15.4. The first kappa shape index (κ1) is 18.3. The van der Waals surface area contributed by atoms with Crippen molar-refractivity contribution in [1.82, 2.24) is 15.3 Å². The van der Waals surface area contributed by atoms with Crippen molar-refractivity contribution >= 4 is 35.4 Å². The Hall–Kier alpha value is -3.45. The molecule has 0 aliphatic heterocycles. The number of aromatic nitrogens is 1. The standard InChI is InChI=1S/C20H18N4O2S/c1-24-11-5-9-16(24)14-21-23-20(26)18(13-17-10-6-12-27-17)22-19(25)15-7-3-2-4-8-15/h2-14H,1H3,(H,22,25)(H,23,26)/b18-13+,21-14+. The van der Waals surface area contributed by atoms with Gasteiger partial charge in [-0.3, -0.25) is 9.59 Å². The number of hydrogen-bond donors (Lipinski definition) is 2. The van der Waals surface area contributed by atoms with Crippen LogP contribution in [0.25, 0.3) is 6.08 Å². The molecule has 7 heteroatoms. The molecule has 0 fully saturated rings. The molecule has 2 N–H and O–H groups in total. The lowest BCUT2D eigenvalue weighted by molar-refractivity contribution is -0.117. The van der Waals surface area contributed by atoms with Crippen molar-refractivity contribution in [1.29, 1.82) is 0 Å². The predicted octanol–water partition coefficient (Wildman–Crippen LogP) is 3.01. The Morgan fingerprint density at radius 2 is 1.89 bits per heavy atom. The van der Waals surface area contributed by atoms with Gasteiger partial charge in [0, 0.05) is 23.7 Å². The normalized spacial score (nSPS) is 11.5. The van der Waals surface area contributed by atoms with Crippen LogP contribution in [0.4, 0.5) is 0 Å². The smallest absolute Gasteiger partial charge is 0.287 e. The molecular weight excluding hydrogens is 360 g/mol. The fourth-order valence-corrected chi connectivity index (χ4v) is 2.94. The van der Waals surface area contributed by atoms with Crippen LogP contribution in [0, 0.1) is 0 Å². The van der Waals surface area contributed by atoms with Crippen LogP contribution in [0.15, 0.2) is 77.0 Å². The molecule has 0 radical (unpaired) electrons. The first-order valence-corrected chi connectivity index (χ1v) is 9.08. The molecule has 3 aromatic rings. The van der Waals surface area contributed by atoms with Crippen molar-refractivity contribution in [2.24, 2.45) is 12.1 Å². The predicted molar refractivity (Wildman–Crippen MR) is 107 cm³/mol. The summed E-state index contributed by atoms with van der Waals surface area (Å²) in [6.07, 6.45) is 5.05. The number of nitrogens with zero attached hydrogens (tertiary/aromatic N) is 2. The van der Waals surface area contributed by atoms with E-state index in [4.69, 9.17) is 0 Å². The summed E-state index contributed by atoms with van der Waals surface area (Å²) in [7, 11) is 1.88. The third-order valence-corrected chi connectivity index (χ3v) is 4.52. The van der Waals surface area contributed by atoms with Gasteiger partial charge in [0.15, 0.2) is 0 Å². The van der Waals surface area contributed by atoms with Crippen LogP contribution >= 0.6 is 11.3 Å². The molecular formula is C20H18N4O2S. The minimum Gasteiger partial charge on any atom is -0.350 e. The summed E-state index contributed by atoms with van der Waals surface area (Å²) in [5.41, 5.74) is 3.88. The molecule has 0 aliphatic rings. The molecule has 0 saturated heterocycles. The molecule has 0 atom stereocenters. The maximum Gasteiger partial charge on any atom is 0.287 e. The lowest BCUT2D eigenvalue weighted by Crippen LogP contribution is -2.32. The van der Waals surface area contributed by atoms with Crippen molar-refractivity contribution in [3.05, 3.63) is 88.0 Å². The van der Waals surface area contributed by atoms with Gasteiger partial charge in [-0.05, 0) is 41.8 Å². The van der Waals surface area contributed by atoms with Gasteiger partial charge in [0.05, 0.1) is 11.9 Å². The van der Waals surface area contributed by atoms with E-state index in [0.717, 1.165) is 10.6 Å². The average molecular weight is 378 g/mol. The van der Waals surface area contributed by atoms with Gasteiger partial charge in [-0.1, -0.05) is 24.3 Å². The van der Waals surface area contributed by atoms with Crippen LogP contribution < -0.4 is 10.7 Å². The van der Waals surface area contributed by atoms with Gasteiger partial charge in [-0.25, -0.2) is 5.43 Å². The third kappa shape index (κ3) is 5.02. The number of aryl methyl sites for hydroxylation is 1. The highest BCUT2D eigenvalue weighted by Crippen LogP contribution is 2.13. The van der Waals surface area contributed by atoms with Gasteiger partial charge in [0.2, 0.25) is 0 Å². The Labute approximate surface area is 160 Å². The highest BCUT2D eigenvalue weighted by molar-refractivity contribution is 7.10. The highest BCUT2D eigenvalue weighted by atomic mass is 32.1. The van der Waals surface area contributed by atoms with Gasteiger partial charge in [-0.15, -0.1) is 11.3 Å². The first-order valence-electron chi connectivity index (χ1n) is 8.20. The molecule has 0 aliphatic carbocycles. The summed E-state index contributed by atoms with van der Waals surface area (Å²) in [5.74, 6) is -0.863. The van der Waals surface area contributed by atoms with Crippen LogP contribution in [0.5, 0.6) is 0 Å². The van der Waals surface area contributed by atoms with Crippen molar-refractivity contribution in [2.45, 2.75) is 0 Å². The number of amides is 2. The molecule has 0 unspecified atom stereocenters. The second-order valence-corrected chi connectivity index (χ2v) is 6.62. The first-order chi connectivity index (χ1) is 13.1. The zero-order chi connectivity index (χ0) is 19.1. The molecule has 0 bridgehead atoms. The highest BCUT2D eigenvalue weighted by Gasteiger charge is 2.14. The van der Waals surface area contributed by atoms with Crippen molar-refractivity contribution < 1.29 is 9.59 Å². The minimum absolute atomic E-state index is 0.121. The van der Waals surface area contributed by atoms with Crippen LogP contribution in [0.3, 0.4) is 0 Å². The Kier molecular flexibility index (Phi) is 5.96. The lowest BCUT2D eigenvalue weighted by Gasteiger charge is -2.08. The molecule has 2 amide bonds. The number of carbonyl (C=O) groups is 2. The van der Waals surface area contributed by atoms with Crippen LogP contribution in [0.1, 0.15) is 20.9 Å². The monoisotopic (exact) mass is 378 g/mol. The second-order valence-electron chi connectivity index (χ2n) is 5.64. The van der Waals surface area contributed by atoms with Crippen LogP contribution in [-0.2, 0) is 11.8 Å². The summed E-state index contributed by atoms with van der Waals surface area (Å²) in [5, 5.41) is 8.53. The van der Waals surface area contributed by atoms with E-state index in [9.17, 15) is 9.59 Å². The fourth-order valence-electron chi connectivity index (χ4n) is 2.28. The maximum atomic E-state index is 12.5. The zero-order valence-electron chi connectivity index (χ0n) is 14.6. The van der Waals surface area contributed by atoms with E-state index < -0.39 is 5.91 Å². The number of rotatable bonds is 6. The van der Waals surface area contributed by atoms with Gasteiger partial charge in [-0.2, -0.15) is 5.10 Å². The number of benzene rings is 1. The van der Waals surface area contributed by atoms with Crippen LogP contribution in [0.2, 0.25) is 0 Å². The largest absolute Gasteiger partial charge is 0.350 e. The van der Waals surface area contributed by atoms with Crippen molar-refractivity contribution in [3.8, 4) is 0 Å². The van der Waals surface area contributed by atoms with E-state index in [0.29, 0.717) is 5.56 Å². The Bertz CT molecular complexity index is 973. The fraction of sp³-hybridized carbons (Fsp3) is 0.0500. The van der Waals surface area contributed by atoms with Gasteiger partial charge in [0.25, 0.3) is 11.8 Å². The van der Waals surface area contributed by atoms with Gasteiger partial charge in [0.1, 0.15) is 5.70 Å². The minimum atomic E-state index is -0.502. The number of carbonyl (C=O) groups excluding carboxylic acids is 2. The molecule has 2 heterocycles. The maximum absolute atomic E-state index is 12.5. The summed E-state index contributed by atoms with van der Waals surface area (Å²) in [6.45, 7) is 0. The number of hydrogen-bond acceptors (Lipinski definition) is 4. The number of nitrogens with one attached hydrogen (secondary N) is 2. The third-order valence-electron chi connectivity index (χ3n) is 3.71. The van der Waals surface area contributed by atoms with E-state index in [2.05, 4.69) is 15.8 Å². The van der Waals surface area contributed by atoms with E-state index >= 15 is 0 Å². The van der Waals surface area contributed by atoms with Crippen LogP contribution in [-0.4, -0.2) is 22.6 Å². The van der Waals surface area contributed by atoms with Gasteiger partial charge < -0.3 is 9.88 Å². The van der Waals surface area contributed by atoms with E-state index in [1.54, 1.807) is 36.6 Å². The average Bonchev–Trinajstić information content (AvgIpc) is 3.34. The number of thiophene rings is 1. The van der Waals surface area contributed by atoms with Crippen molar-refractivity contribution in [2.75, 3.05) is 0 Å². The van der Waals surface area contributed by atoms with E-state index in [1.807, 2.05) is 53.5 Å². The molecule has 6 nitrogen and oxygen atoms in total. The molecule has 1 aromatic carbocycles. The van der Waals surface area contributed by atoms with E-state index in [-0.39, 0.29) is 11.6 Å². The molecule has 2 aromatic heterocycles. The lowest BCUT2D eigenvalue weighted by atomic mass is 10.2. The second kappa shape index (κ2) is 8.77. The topological polar surface area (TPSA) is 75.5 Å². The number of hydrazone groups is 1. The molecule has 0 saturated carbocycles. The summed E-state index contributed by atoms with van der Waals surface area (Å²) in [6, 6.07) is 16.2. The summed E-state index contributed by atoms with van der Waals surface area (Å²) in [4.78, 5) is 25.8. The molecule has 136 valence electrons. The molecule has 3 rings (SSSR count). The Morgan fingerprint density at radius 1 is 1.07 bits per heavy atom. The quantitative estimate of drug-likeness (QED) is 0.393. The molecule has 27 heavy (non-hydrogen) atoms. The van der Waals surface area contributed by atoms with Gasteiger partial charge >= 0.3 is 0 Å². The van der Waals surface area contributed by atoms with E-state index in [1.165, 1.54) is 11.3 Å².